The Kier molecular flexibility index (Phi) is 4.61. The number of rotatable bonds is 5. The second-order valence-electron chi connectivity index (χ2n) is 5.62. The van der Waals surface area contributed by atoms with Crippen molar-refractivity contribution in [1.29, 1.82) is 0 Å². The normalized spacial score (nSPS) is 10.4. The summed E-state index contributed by atoms with van der Waals surface area (Å²) in [6.07, 6.45) is 5.32. The lowest BCUT2D eigenvalue weighted by Gasteiger charge is -2.10. The minimum atomic E-state index is -0.189. The van der Waals surface area contributed by atoms with Gasteiger partial charge < -0.3 is 14.6 Å². The van der Waals surface area contributed by atoms with E-state index in [1.807, 2.05) is 67.1 Å². The monoisotopic (exact) mass is 321 g/mol. The topological polar surface area (TPSA) is 56.1 Å². The van der Waals surface area contributed by atoms with Crippen LogP contribution in [0, 0.1) is 13.8 Å². The molecule has 0 aliphatic carbocycles. The maximum absolute atomic E-state index is 12.0. The molecule has 0 saturated heterocycles. The van der Waals surface area contributed by atoms with Crippen LogP contribution in [0.1, 0.15) is 11.1 Å². The van der Waals surface area contributed by atoms with Gasteiger partial charge in [0.2, 0.25) is 0 Å². The molecule has 0 saturated carbocycles. The molecule has 1 N–H and O–H groups in total. The summed E-state index contributed by atoms with van der Waals surface area (Å²) in [6.45, 7) is 3.97. The van der Waals surface area contributed by atoms with Gasteiger partial charge in [0, 0.05) is 23.8 Å². The molecule has 5 nitrogen and oxygen atoms in total. The van der Waals surface area contributed by atoms with Crippen LogP contribution in [-0.2, 0) is 4.79 Å². The fourth-order valence-corrected chi connectivity index (χ4v) is 2.43. The summed E-state index contributed by atoms with van der Waals surface area (Å²) in [5.41, 5.74) is 3.90. The lowest BCUT2D eigenvalue weighted by molar-refractivity contribution is -0.118. The van der Waals surface area contributed by atoms with E-state index in [0.29, 0.717) is 0 Å². The van der Waals surface area contributed by atoms with E-state index in [9.17, 15) is 4.79 Å². The molecule has 0 aliphatic rings. The van der Waals surface area contributed by atoms with Gasteiger partial charge in [0.05, 0.1) is 6.33 Å². The molecule has 0 unspecified atom stereocenters. The van der Waals surface area contributed by atoms with E-state index in [2.05, 4.69) is 10.3 Å². The number of ether oxygens (including phenoxy) is 1. The fraction of sp³-hybridized carbons (Fsp3) is 0.158. The van der Waals surface area contributed by atoms with E-state index in [4.69, 9.17) is 4.74 Å². The number of carbonyl (C=O) groups excluding carboxylic acids is 1. The standard InChI is InChI=1S/C19H19N3O2/c1-14-3-8-18(15(2)11-14)24-12-19(23)21-16-4-6-17(7-5-16)22-10-9-20-13-22/h3-11,13H,12H2,1-2H3,(H,21,23). The summed E-state index contributed by atoms with van der Waals surface area (Å²) in [4.78, 5) is 16.0. The van der Waals surface area contributed by atoms with E-state index in [1.54, 1.807) is 12.5 Å². The second-order valence-corrected chi connectivity index (χ2v) is 5.62. The van der Waals surface area contributed by atoms with Crippen molar-refractivity contribution in [2.75, 3.05) is 11.9 Å². The summed E-state index contributed by atoms with van der Waals surface area (Å²) in [7, 11) is 0. The van der Waals surface area contributed by atoms with Crippen molar-refractivity contribution in [2.24, 2.45) is 0 Å². The molecule has 1 aromatic heterocycles. The Morgan fingerprint density at radius 1 is 1.17 bits per heavy atom. The van der Waals surface area contributed by atoms with Gasteiger partial charge >= 0.3 is 0 Å². The van der Waals surface area contributed by atoms with Crippen molar-refractivity contribution in [2.45, 2.75) is 13.8 Å². The SMILES string of the molecule is Cc1ccc(OCC(=O)Nc2ccc(-n3ccnc3)cc2)c(C)c1. The Balaban J connectivity index is 1.56. The number of imidazole rings is 1. The first-order chi connectivity index (χ1) is 11.6. The molecule has 1 heterocycles. The summed E-state index contributed by atoms with van der Waals surface area (Å²) in [6, 6.07) is 13.4. The van der Waals surface area contributed by atoms with Gasteiger partial charge in [-0.3, -0.25) is 4.79 Å². The quantitative estimate of drug-likeness (QED) is 0.782. The lowest BCUT2D eigenvalue weighted by Crippen LogP contribution is -2.20. The Morgan fingerprint density at radius 3 is 2.62 bits per heavy atom. The zero-order chi connectivity index (χ0) is 16.9. The molecule has 5 heteroatoms. The maximum atomic E-state index is 12.0. The number of hydrogen-bond acceptors (Lipinski definition) is 3. The van der Waals surface area contributed by atoms with Crippen LogP contribution in [0.4, 0.5) is 5.69 Å². The summed E-state index contributed by atoms with van der Waals surface area (Å²) < 4.78 is 7.48. The number of carbonyl (C=O) groups is 1. The van der Waals surface area contributed by atoms with Gasteiger partial charge in [0.1, 0.15) is 5.75 Å². The number of benzene rings is 2. The van der Waals surface area contributed by atoms with Gasteiger partial charge in [0.25, 0.3) is 5.91 Å². The number of nitrogens with zero attached hydrogens (tertiary/aromatic N) is 2. The Morgan fingerprint density at radius 2 is 1.96 bits per heavy atom. The molecular formula is C19H19N3O2. The highest BCUT2D eigenvalue weighted by Gasteiger charge is 2.06. The van der Waals surface area contributed by atoms with E-state index in [-0.39, 0.29) is 12.5 Å². The highest BCUT2D eigenvalue weighted by molar-refractivity contribution is 5.91. The third-order valence-electron chi connectivity index (χ3n) is 3.64. The van der Waals surface area contributed by atoms with E-state index < -0.39 is 0 Å². The molecule has 1 amide bonds. The highest BCUT2D eigenvalue weighted by Crippen LogP contribution is 2.19. The van der Waals surface area contributed by atoms with Gasteiger partial charge in [0.15, 0.2) is 6.61 Å². The van der Waals surface area contributed by atoms with Gasteiger partial charge in [-0.1, -0.05) is 17.7 Å². The molecule has 122 valence electrons. The zero-order valence-electron chi connectivity index (χ0n) is 13.7. The molecule has 0 radical (unpaired) electrons. The average molecular weight is 321 g/mol. The summed E-state index contributed by atoms with van der Waals surface area (Å²) >= 11 is 0. The smallest absolute Gasteiger partial charge is 0.262 e. The van der Waals surface area contributed by atoms with Crippen LogP contribution >= 0.6 is 0 Å². The highest BCUT2D eigenvalue weighted by atomic mass is 16.5. The van der Waals surface area contributed by atoms with Crippen LogP contribution in [0.3, 0.4) is 0 Å². The van der Waals surface area contributed by atoms with Gasteiger partial charge in [-0.05, 0) is 49.7 Å². The molecule has 3 aromatic rings. The molecular weight excluding hydrogens is 302 g/mol. The summed E-state index contributed by atoms with van der Waals surface area (Å²) in [5, 5.41) is 2.83. The Hall–Kier alpha value is -3.08. The molecule has 0 spiro atoms. The number of amides is 1. The van der Waals surface area contributed by atoms with Gasteiger partial charge in [-0.25, -0.2) is 4.98 Å². The van der Waals surface area contributed by atoms with E-state index in [0.717, 1.165) is 22.7 Å². The number of aryl methyl sites for hydroxylation is 2. The van der Waals surface area contributed by atoms with Crippen molar-refractivity contribution >= 4 is 11.6 Å². The first-order valence-electron chi connectivity index (χ1n) is 7.70. The van der Waals surface area contributed by atoms with Crippen molar-refractivity contribution in [1.82, 2.24) is 9.55 Å². The minimum Gasteiger partial charge on any atom is -0.483 e. The fourth-order valence-electron chi connectivity index (χ4n) is 2.43. The van der Waals surface area contributed by atoms with Gasteiger partial charge in [-0.15, -0.1) is 0 Å². The summed E-state index contributed by atoms with van der Waals surface area (Å²) in [5.74, 6) is 0.538. The van der Waals surface area contributed by atoms with Crippen LogP contribution in [0.5, 0.6) is 5.75 Å². The molecule has 24 heavy (non-hydrogen) atoms. The third-order valence-corrected chi connectivity index (χ3v) is 3.64. The molecule has 2 aromatic carbocycles. The van der Waals surface area contributed by atoms with Crippen molar-refractivity contribution in [3.8, 4) is 11.4 Å². The van der Waals surface area contributed by atoms with Crippen LogP contribution in [-0.4, -0.2) is 22.1 Å². The number of aromatic nitrogens is 2. The minimum absolute atomic E-state index is 0.0207. The molecule has 0 bridgehead atoms. The molecule has 0 atom stereocenters. The van der Waals surface area contributed by atoms with E-state index >= 15 is 0 Å². The number of hydrogen-bond donors (Lipinski definition) is 1. The van der Waals surface area contributed by atoms with Crippen molar-refractivity contribution in [3.05, 3.63) is 72.3 Å². The largest absolute Gasteiger partial charge is 0.483 e. The second kappa shape index (κ2) is 7.00. The average Bonchev–Trinajstić information content (AvgIpc) is 3.09. The first kappa shape index (κ1) is 15.8. The Labute approximate surface area is 140 Å². The number of nitrogens with one attached hydrogen (secondary N) is 1. The van der Waals surface area contributed by atoms with Crippen molar-refractivity contribution in [3.63, 3.8) is 0 Å². The predicted molar refractivity (Wildman–Crippen MR) is 93.6 cm³/mol. The molecule has 0 fully saturated rings. The number of anilines is 1. The zero-order valence-corrected chi connectivity index (χ0v) is 13.7. The predicted octanol–water partition coefficient (Wildman–Crippen LogP) is 3.51. The van der Waals surface area contributed by atoms with E-state index in [1.165, 1.54) is 5.56 Å². The molecule has 0 aliphatic heterocycles. The lowest BCUT2D eigenvalue weighted by atomic mass is 10.1. The first-order valence-corrected chi connectivity index (χ1v) is 7.70. The third kappa shape index (κ3) is 3.81. The van der Waals surface area contributed by atoms with Crippen LogP contribution in [0.25, 0.3) is 5.69 Å². The van der Waals surface area contributed by atoms with Crippen LogP contribution in [0.2, 0.25) is 0 Å². The Bertz CT molecular complexity index is 824. The van der Waals surface area contributed by atoms with Crippen molar-refractivity contribution < 1.29 is 9.53 Å². The van der Waals surface area contributed by atoms with Crippen LogP contribution < -0.4 is 10.1 Å². The molecule has 3 rings (SSSR count). The maximum Gasteiger partial charge on any atom is 0.262 e. The van der Waals surface area contributed by atoms with Crippen LogP contribution in [0.15, 0.2) is 61.2 Å². The van der Waals surface area contributed by atoms with Gasteiger partial charge in [-0.2, -0.15) is 0 Å².